The van der Waals surface area contributed by atoms with Crippen molar-refractivity contribution in [2.24, 2.45) is 11.8 Å². The highest BCUT2D eigenvalue weighted by Crippen LogP contribution is 2.44. The Kier molecular flexibility index (Phi) is 8.68. The molecule has 0 aliphatic heterocycles. The molecule has 3 N–H and O–H groups in total. The first kappa shape index (κ1) is 25.3. The van der Waals surface area contributed by atoms with Gasteiger partial charge in [0.1, 0.15) is 6.61 Å². The van der Waals surface area contributed by atoms with Gasteiger partial charge in [-0.15, -0.1) is 0 Å². The van der Waals surface area contributed by atoms with Gasteiger partial charge in [0, 0.05) is 24.9 Å². The van der Waals surface area contributed by atoms with Crippen LogP contribution in [0, 0.1) is 11.8 Å². The van der Waals surface area contributed by atoms with Crippen LogP contribution in [0.25, 0.3) is 11.1 Å². The molecule has 7 nitrogen and oxygen atoms in total. The Balaban J connectivity index is 1.55. The Hall–Kier alpha value is -3.35. The van der Waals surface area contributed by atoms with E-state index >= 15 is 0 Å². The van der Waals surface area contributed by atoms with E-state index in [2.05, 4.69) is 34.9 Å². The fraction of sp³-hybridized carbons (Fsp3) is 0.444. The van der Waals surface area contributed by atoms with E-state index in [1.54, 1.807) is 0 Å². The highest BCUT2D eigenvalue weighted by atomic mass is 16.5. The minimum atomic E-state index is -0.884. The van der Waals surface area contributed by atoms with Gasteiger partial charge in [0.05, 0.1) is 5.92 Å². The number of carboxylic acids is 1. The second-order valence-corrected chi connectivity index (χ2v) is 9.10. The topological polar surface area (TPSA) is 105 Å². The van der Waals surface area contributed by atoms with Crippen molar-refractivity contribution in [1.29, 1.82) is 0 Å². The van der Waals surface area contributed by atoms with Crippen LogP contribution in [-0.2, 0) is 14.3 Å². The molecular formula is C27H34N2O5. The standard InChI is InChI=1S/C27H34N2O5/c1-4-18(13-14-25(30)31)29-26(32)23(17(2)3)15-28-27(33)34-16-24-21-11-7-5-9-19(21)20-10-6-8-12-22(20)24/h5-12,17-18,23-24H,4,13-16H2,1-3H3,(H,28,33)(H,29,32)(H,30,31). The third-order valence-corrected chi connectivity index (χ3v) is 6.50. The SMILES string of the molecule is CCC(CCC(=O)O)NC(=O)C(CNC(=O)OCC1c2ccccc2-c2ccccc21)C(C)C. The summed E-state index contributed by atoms with van der Waals surface area (Å²) >= 11 is 0. The van der Waals surface area contributed by atoms with E-state index in [1.165, 1.54) is 0 Å². The first-order valence-electron chi connectivity index (χ1n) is 11.9. The first-order valence-corrected chi connectivity index (χ1v) is 11.9. The summed E-state index contributed by atoms with van der Waals surface area (Å²) in [6, 6.07) is 16.1. The monoisotopic (exact) mass is 466 g/mol. The average molecular weight is 467 g/mol. The maximum atomic E-state index is 12.8. The molecule has 3 rings (SSSR count). The van der Waals surface area contributed by atoms with Gasteiger partial charge in [0.2, 0.25) is 5.91 Å². The van der Waals surface area contributed by atoms with Crippen molar-refractivity contribution >= 4 is 18.0 Å². The highest BCUT2D eigenvalue weighted by Gasteiger charge is 2.29. The molecule has 0 saturated heterocycles. The van der Waals surface area contributed by atoms with Crippen LogP contribution in [0.2, 0.25) is 0 Å². The van der Waals surface area contributed by atoms with Crippen LogP contribution in [0.4, 0.5) is 4.79 Å². The number of hydrogen-bond donors (Lipinski definition) is 3. The molecule has 2 aromatic rings. The highest BCUT2D eigenvalue weighted by molar-refractivity contribution is 5.81. The summed E-state index contributed by atoms with van der Waals surface area (Å²) in [6.07, 6.45) is 0.466. The van der Waals surface area contributed by atoms with Gasteiger partial charge in [0.25, 0.3) is 0 Å². The van der Waals surface area contributed by atoms with Crippen molar-refractivity contribution in [2.75, 3.05) is 13.2 Å². The van der Waals surface area contributed by atoms with Gasteiger partial charge < -0.3 is 20.5 Å². The number of ether oxygens (including phenoxy) is 1. The predicted octanol–water partition coefficient (Wildman–Crippen LogP) is 4.56. The van der Waals surface area contributed by atoms with Gasteiger partial charge in [-0.3, -0.25) is 9.59 Å². The lowest BCUT2D eigenvalue weighted by atomic mass is 9.94. The van der Waals surface area contributed by atoms with Crippen LogP contribution < -0.4 is 10.6 Å². The molecule has 2 unspecified atom stereocenters. The number of nitrogens with one attached hydrogen (secondary N) is 2. The zero-order valence-electron chi connectivity index (χ0n) is 20.0. The number of aliphatic carboxylic acids is 1. The molecule has 7 heteroatoms. The molecule has 0 spiro atoms. The van der Waals surface area contributed by atoms with E-state index in [0.717, 1.165) is 22.3 Å². The second kappa shape index (κ2) is 11.7. The smallest absolute Gasteiger partial charge is 0.407 e. The Labute approximate surface area is 200 Å². The van der Waals surface area contributed by atoms with Crippen molar-refractivity contribution < 1.29 is 24.2 Å². The van der Waals surface area contributed by atoms with Crippen LogP contribution in [0.1, 0.15) is 57.1 Å². The maximum absolute atomic E-state index is 12.8. The van der Waals surface area contributed by atoms with E-state index in [1.807, 2.05) is 45.0 Å². The molecule has 1 aliphatic rings. The van der Waals surface area contributed by atoms with Crippen molar-refractivity contribution in [2.45, 2.75) is 52.0 Å². The van der Waals surface area contributed by atoms with E-state index in [-0.39, 0.29) is 43.4 Å². The van der Waals surface area contributed by atoms with Crippen molar-refractivity contribution in [3.8, 4) is 11.1 Å². The zero-order chi connectivity index (χ0) is 24.7. The van der Waals surface area contributed by atoms with E-state index in [4.69, 9.17) is 9.84 Å². The molecule has 2 aromatic carbocycles. The van der Waals surface area contributed by atoms with Gasteiger partial charge in [-0.2, -0.15) is 0 Å². The first-order chi connectivity index (χ1) is 16.3. The number of carboxylic acid groups (broad SMARTS) is 1. The fourth-order valence-electron chi connectivity index (χ4n) is 4.46. The molecule has 182 valence electrons. The molecular weight excluding hydrogens is 432 g/mol. The molecule has 0 bridgehead atoms. The summed E-state index contributed by atoms with van der Waals surface area (Å²) in [7, 11) is 0. The lowest BCUT2D eigenvalue weighted by Crippen LogP contribution is -2.45. The normalized spacial score (nSPS) is 14.1. The molecule has 2 amide bonds. The number of carbonyl (C=O) groups is 3. The quantitative estimate of drug-likeness (QED) is 0.450. The van der Waals surface area contributed by atoms with E-state index in [9.17, 15) is 14.4 Å². The molecule has 34 heavy (non-hydrogen) atoms. The summed E-state index contributed by atoms with van der Waals surface area (Å²) in [6.45, 7) is 6.11. The van der Waals surface area contributed by atoms with Crippen LogP contribution in [0.5, 0.6) is 0 Å². The predicted molar refractivity (Wildman–Crippen MR) is 130 cm³/mol. The number of rotatable bonds is 11. The number of alkyl carbamates (subject to hydrolysis) is 1. The molecule has 1 aliphatic carbocycles. The number of fused-ring (bicyclic) bond motifs is 3. The summed E-state index contributed by atoms with van der Waals surface area (Å²) < 4.78 is 5.57. The molecule has 2 atom stereocenters. The Morgan fingerprint density at radius 2 is 1.59 bits per heavy atom. The van der Waals surface area contributed by atoms with Crippen LogP contribution in [-0.4, -0.2) is 42.3 Å². The third kappa shape index (κ3) is 6.16. The van der Waals surface area contributed by atoms with Crippen molar-refractivity contribution in [3.63, 3.8) is 0 Å². The maximum Gasteiger partial charge on any atom is 0.407 e. The molecule has 0 heterocycles. The molecule has 0 aromatic heterocycles. The van der Waals surface area contributed by atoms with E-state index < -0.39 is 18.0 Å². The third-order valence-electron chi connectivity index (χ3n) is 6.50. The Morgan fingerprint density at radius 1 is 1.00 bits per heavy atom. The van der Waals surface area contributed by atoms with Crippen LogP contribution >= 0.6 is 0 Å². The number of benzene rings is 2. The van der Waals surface area contributed by atoms with Gasteiger partial charge in [-0.1, -0.05) is 69.3 Å². The van der Waals surface area contributed by atoms with Gasteiger partial charge in [-0.05, 0) is 41.0 Å². The summed E-state index contributed by atoms with van der Waals surface area (Å²) in [5, 5.41) is 14.6. The lowest BCUT2D eigenvalue weighted by Gasteiger charge is -2.24. The second-order valence-electron chi connectivity index (χ2n) is 9.10. The zero-order valence-corrected chi connectivity index (χ0v) is 20.0. The lowest BCUT2D eigenvalue weighted by molar-refractivity contribution is -0.137. The minimum Gasteiger partial charge on any atom is -0.481 e. The van der Waals surface area contributed by atoms with Crippen molar-refractivity contribution in [3.05, 3.63) is 59.7 Å². The fourth-order valence-corrected chi connectivity index (χ4v) is 4.46. The molecule has 0 fully saturated rings. The summed E-state index contributed by atoms with van der Waals surface area (Å²) in [5.74, 6) is -1.55. The van der Waals surface area contributed by atoms with Gasteiger partial charge in [-0.25, -0.2) is 4.79 Å². The number of carbonyl (C=O) groups excluding carboxylic acids is 2. The van der Waals surface area contributed by atoms with Crippen LogP contribution in [0.3, 0.4) is 0 Å². The summed E-state index contributed by atoms with van der Waals surface area (Å²) in [5.41, 5.74) is 4.61. The van der Waals surface area contributed by atoms with Gasteiger partial charge >= 0.3 is 12.1 Å². The number of amides is 2. The minimum absolute atomic E-state index is 0.00311. The summed E-state index contributed by atoms with van der Waals surface area (Å²) in [4.78, 5) is 36.1. The Bertz CT molecular complexity index is 974. The largest absolute Gasteiger partial charge is 0.481 e. The molecule has 0 radical (unpaired) electrons. The van der Waals surface area contributed by atoms with Crippen molar-refractivity contribution in [1.82, 2.24) is 10.6 Å². The number of hydrogen-bond acceptors (Lipinski definition) is 4. The van der Waals surface area contributed by atoms with Gasteiger partial charge in [0.15, 0.2) is 0 Å². The van der Waals surface area contributed by atoms with E-state index in [0.29, 0.717) is 12.8 Å². The Morgan fingerprint density at radius 3 is 2.12 bits per heavy atom. The average Bonchev–Trinajstić information content (AvgIpc) is 3.14. The molecule has 0 saturated carbocycles. The van der Waals surface area contributed by atoms with Crippen LogP contribution in [0.15, 0.2) is 48.5 Å².